The van der Waals surface area contributed by atoms with Crippen LogP contribution < -0.4 is 10.9 Å². The average molecular weight is 329 g/mol. The Morgan fingerprint density at radius 2 is 1.79 bits per heavy atom. The van der Waals surface area contributed by atoms with Crippen LogP contribution in [0.2, 0.25) is 0 Å². The highest BCUT2D eigenvalue weighted by molar-refractivity contribution is 5.93. The highest BCUT2D eigenvalue weighted by Crippen LogP contribution is 2.19. The summed E-state index contributed by atoms with van der Waals surface area (Å²) in [5, 5.41) is 7.18. The van der Waals surface area contributed by atoms with Crippen LogP contribution in [0.4, 0.5) is 14.5 Å². The lowest BCUT2D eigenvalue weighted by molar-refractivity contribution is -0.119. The Morgan fingerprint density at radius 3 is 2.50 bits per heavy atom. The number of rotatable bonds is 3. The summed E-state index contributed by atoms with van der Waals surface area (Å²) in [5.41, 5.74) is -1.01. The van der Waals surface area contributed by atoms with E-state index in [2.05, 4.69) is 10.4 Å². The second kappa shape index (κ2) is 6.19. The zero-order valence-electron chi connectivity index (χ0n) is 12.7. The Kier molecular flexibility index (Phi) is 4.07. The van der Waals surface area contributed by atoms with Crippen molar-refractivity contribution in [1.82, 2.24) is 9.78 Å². The molecule has 1 amide bonds. The van der Waals surface area contributed by atoms with Gasteiger partial charge in [-0.1, -0.05) is 24.3 Å². The van der Waals surface area contributed by atoms with Crippen molar-refractivity contribution in [1.29, 1.82) is 0 Å². The largest absolute Gasteiger partial charge is 0.319 e. The van der Waals surface area contributed by atoms with Crippen LogP contribution in [0.5, 0.6) is 0 Å². The number of aromatic nitrogens is 2. The van der Waals surface area contributed by atoms with E-state index in [1.165, 1.54) is 19.2 Å². The minimum atomic E-state index is -1.04. The number of benzene rings is 2. The molecule has 1 aromatic heterocycles. The Hall–Kier alpha value is -3.09. The standard InChI is InChI=1S/C17H13F2N3O2/c1-10(16(23)21-15-13(18)7-4-8-14(15)19)22-17(24)12-6-3-2-5-11(12)9-20-22/h2-10H,1H3,(H,21,23). The smallest absolute Gasteiger partial charge is 0.275 e. The molecule has 0 saturated heterocycles. The second-order valence-electron chi connectivity index (χ2n) is 5.24. The van der Waals surface area contributed by atoms with E-state index in [-0.39, 0.29) is 0 Å². The molecule has 0 aliphatic carbocycles. The van der Waals surface area contributed by atoms with Crippen molar-refractivity contribution in [3.8, 4) is 0 Å². The van der Waals surface area contributed by atoms with E-state index in [1.54, 1.807) is 24.3 Å². The van der Waals surface area contributed by atoms with E-state index >= 15 is 0 Å². The molecule has 1 N–H and O–H groups in total. The predicted octanol–water partition coefficient (Wildman–Crippen LogP) is 2.87. The fourth-order valence-electron chi connectivity index (χ4n) is 2.34. The molecule has 0 radical (unpaired) electrons. The number of carbonyl (C=O) groups is 1. The van der Waals surface area contributed by atoms with Crippen molar-refractivity contribution >= 4 is 22.4 Å². The molecule has 3 rings (SSSR count). The molecular formula is C17H13F2N3O2. The first kappa shape index (κ1) is 15.8. The van der Waals surface area contributed by atoms with Gasteiger partial charge in [-0.25, -0.2) is 13.5 Å². The maximum absolute atomic E-state index is 13.6. The summed E-state index contributed by atoms with van der Waals surface area (Å²) in [6.45, 7) is 1.43. The van der Waals surface area contributed by atoms with E-state index < -0.39 is 34.8 Å². The lowest BCUT2D eigenvalue weighted by atomic mass is 10.2. The molecule has 3 aromatic rings. The predicted molar refractivity (Wildman–Crippen MR) is 85.7 cm³/mol. The summed E-state index contributed by atoms with van der Waals surface area (Å²) in [6.07, 6.45) is 1.46. The molecule has 1 atom stereocenters. The lowest BCUT2D eigenvalue weighted by Crippen LogP contribution is -2.33. The van der Waals surface area contributed by atoms with Gasteiger partial charge < -0.3 is 5.32 Å². The first-order valence-electron chi connectivity index (χ1n) is 7.20. The van der Waals surface area contributed by atoms with Crippen LogP contribution in [0.15, 0.2) is 53.5 Å². The first-order chi connectivity index (χ1) is 11.5. The van der Waals surface area contributed by atoms with Gasteiger partial charge in [0.25, 0.3) is 5.56 Å². The van der Waals surface area contributed by atoms with Crippen molar-refractivity contribution < 1.29 is 13.6 Å². The molecule has 24 heavy (non-hydrogen) atoms. The van der Waals surface area contributed by atoms with Gasteiger partial charge in [-0.05, 0) is 25.1 Å². The van der Waals surface area contributed by atoms with E-state index in [0.29, 0.717) is 10.8 Å². The lowest BCUT2D eigenvalue weighted by Gasteiger charge is -2.15. The van der Waals surface area contributed by atoms with Crippen LogP contribution >= 0.6 is 0 Å². The van der Waals surface area contributed by atoms with Crippen LogP contribution in [0.1, 0.15) is 13.0 Å². The Labute approximate surface area is 135 Å². The molecular weight excluding hydrogens is 316 g/mol. The topological polar surface area (TPSA) is 64.0 Å². The summed E-state index contributed by atoms with van der Waals surface area (Å²) in [5.74, 6) is -2.53. The molecule has 0 aliphatic rings. The molecule has 0 saturated carbocycles. The Bertz CT molecular complexity index is 965. The molecule has 7 heteroatoms. The maximum atomic E-state index is 13.6. The van der Waals surface area contributed by atoms with Gasteiger partial charge in [0.2, 0.25) is 5.91 Å². The summed E-state index contributed by atoms with van der Waals surface area (Å²) in [7, 11) is 0. The van der Waals surface area contributed by atoms with Gasteiger partial charge in [0.15, 0.2) is 0 Å². The number of hydrogen-bond donors (Lipinski definition) is 1. The minimum Gasteiger partial charge on any atom is -0.319 e. The van der Waals surface area contributed by atoms with Crippen molar-refractivity contribution in [2.24, 2.45) is 0 Å². The maximum Gasteiger partial charge on any atom is 0.275 e. The van der Waals surface area contributed by atoms with Crippen LogP contribution in [0.25, 0.3) is 10.8 Å². The van der Waals surface area contributed by atoms with Gasteiger partial charge in [0.05, 0.1) is 11.6 Å². The second-order valence-corrected chi connectivity index (χ2v) is 5.24. The van der Waals surface area contributed by atoms with Crippen molar-refractivity contribution in [3.63, 3.8) is 0 Å². The van der Waals surface area contributed by atoms with Crippen LogP contribution in [0, 0.1) is 11.6 Å². The monoisotopic (exact) mass is 329 g/mol. The van der Waals surface area contributed by atoms with Gasteiger partial charge in [-0.15, -0.1) is 0 Å². The van der Waals surface area contributed by atoms with Gasteiger partial charge in [-0.3, -0.25) is 9.59 Å². The first-order valence-corrected chi connectivity index (χ1v) is 7.20. The number of anilines is 1. The number of nitrogens with zero attached hydrogens (tertiary/aromatic N) is 2. The number of para-hydroxylation sites is 1. The number of fused-ring (bicyclic) bond motifs is 1. The molecule has 1 unspecified atom stereocenters. The van der Waals surface area contributed by atoms with Crippen LogP contribution in [0.3, 0.4) is 0 Å². The highest BCUT2D eigenvalue weighted by Gasteiger charge is 2.21. The number of carbonyl (C=O) groups excluding carboxylic acids is 1. The van der Waals surface area contributed by atoms with Gasteiger partial charge >= 0.3 is 0 Å². The van der Waals surface area contributed by atoms with Gasteiger partial charge in [0, 0.05) is 5.39 Å². The molecule has 0 bridgehead atoms. The van der Waals surface area contributed by atoms with Crippen molar-refractivity contribution in [3.05, 3.63) is 70.6 Å². The molecule has 5 nitrogen and oxygen atoms in total. The van der Waals surface area contributed by atoms with Gasteiger partial charge in [-0.2, -0.15) is 5.10 Å². The number of halogens is 2. The summed E-state index contributed by atoms with van der Waals surface area (Å²) in [4.78, 5) is 24.7. The molecule has 0 fully saturated rings. The van der Waals surface area contributed by atoms with E-state index in [0.717, 1.165) is 16.8 Å². The van der Waals surface area contributed by atoms with E-state index in [1.807, 2.05) is 0 Å². The van der Waals surface area contributed by atoms with Gasteiger partial charge in [0.1, 0.15) is 23.4 Å². The molecule has 0 spiro atoms. The fraction of sp³-hybridized carbons (Fsp3) is 0.118. The van der Waals surface area contributed by atoms with Crippen molar-refractivity contribution in [2.75, 3.05) is 5.32 Å². The number of nitrogens with one attached hydrogen (secondary N) is 1. The average Bonchev–Trinajstić information content (AvgIpc) is 2.58. The Morgan fingerprint density at radius 1 is 1.12 bits per heavy atom. The Balaban J connectivity index is 1.94. The fourth-order valence-corrected chi connectivity index (χ4v) is 2.34. The summed E-state index contributed by atoms with van der Waals surface area (Å²) < 4.78 is 28.2. The number of hydrogen-bond acceptors (Lipinski definition) is 3. The normalized spacial score (nSPS) is 12.1. The number of amides is 1. The van der Waals surface area contributed by atoms with E-state index in [4.69, 9.17) is 0 Å². The molecule has 1 heterocycles. The zero-order chi connectivity index (χ0) is 17.3. The SMILES string of the molecule is CC(C(=O)Nc1c(F)cccc1F)n1ncc2ccccc2c1=O. The highest BCUT2D eigenvalue weighted by atomic mass is 19.1. The third-order valence-corrected chi connectivity index (χ3v) is 3.68. The molecule has 0 aliphatic heterocycles. The van der Waals surface area contributed by atoms with Crippen LogP contribution in [-0.4, -0.2) is 15.7 Å². The third kappa shape index (κ3) is 2.76. The third-order valence-electron chi connectivity index (χ3n) is 3.68. The van der Waals surface area contributed by atoms with Crippen molar-refractivity contribution in [2.45, 2.75) is 13.0 Å². The minimum absolute atomic E-state index is 0.407. The molecule has 2 aromatic carbocycles. The quantitative estimate of drug-likeness (QED) is 0.803. The zero-order valence-corrected chi connectivity index (χ0v) is 12.7. The summed E-state index contributed by atoms with van der Waals surface area (Å²) >= 11 is 0. The van der Waals surface area contributed by atoms with Crippen LogP contribution in [-0.2, 0) is 4.79 Å². The summed E-state index contributed by atoms with van der Waals surface area (Å²) in [6, 6.07) is 9.04. The molecule has 122 valence electrons. The van der Waals surface area contributed by atoms with E-state index in [9.17, 15) is 18.4 Å².